The van der Waals surface area contributed by atoms with E-state index in [0.717, 1.165) is 16.6 Å². The number of hydrogen-bond acceptors (Lipinski definition) is 2. The van der Waals surface area contributed by atoms with Crippen LogP contribution in [0.3, 0.4) is 0 Å². The zero-order valence-electron chi connectivity index (χ0n) is 10.4. The summed E-state index contributed by atoms with van der Waals surface area (Å²) in [6.07, 6.45) is -0.460. The molecule has 4 heteroatoms. The summed E-state index contributed by atoms with van der Waals surface area (Å²) >= 11 is 3.44. The topological polar surface area (TPSA) is 32.3 Å². The van der Waals surface area contributed by atoms with Crippen LogP contribution in [-0.2, 0) is 6.54 Å². The van der Waals surface area contributed by atoms with Gasteiger partial charge in [-0.15, -0.1) is 12.4 Å². The second-order valence-corrected chi connectivity index (χ2v) is 5.10. The maximum Gasteiger partial charge on any atom is 0.0914 e. The Bertz CT molecular complexity index is 493. The van der Waals surface area contributed by atoms with Crippen molar-refractivity contribution in [1.29, 1.82) is 0 Å². The van der Waals surface area contributed by atoms with Crippen LogP contribution >= 0.6 is 28.3 Å². The molecule has 2 aromatic carbocycles. The predicted octanol–water partition coefficient (Wildman–Crippen LogP) is 3.69. The SMILES string of the molecule is Cl.OC(CNCc1cccc(Br)c1)c1ccccc1. The number of aliphatic hydroxyl groups is 1. The van der Waals surface area contributed by atoms with Crippen molar-refractivity contribution in [3.05, 3.63) is 70.2 Å². The average molecular weight is 343 g/mol. The molecule has 19 heavy (non-hydrogen) atoms. The van der Waals surface area contributed by atoms with E-state index in [2.05, 4.69) is 33.4 Å². The van der Waals surface area contributed by atoms with Gasteiger partial charge in [-0.05, 0) is 23.3 Å². The van der Waals surface area contributed by atoms with Crippen LogP contribution in [0, 0.1) is 0 Å². The minimum Gasteiger partial charge on any atom is -0.387 e. The number of benzene rings is 2. The molecule has 0 bridgehead atoms. The second-order valence-electron chi connectivity index (χ2n) is 4.19. The van der Waals surface area contributed by atoms with Gasteiger partial charge in [-0.1, -0.05) is 58.4 Å². The zero-order valence-corrected chi connectivity index (χ0v) is 12.8. The third-order valence-electron chi connectivity index (χ3n) is 2.74. The Balaban J connectivity index is 0.00000180. The van der Waals surface area contributed by atoms with E-state index in [1.165, 1.54) is 5.56 Å². The minimum absolute atomic E-state index is 0. The molecule has 0 fully saturated rings. The Morgan fingerprint density at radius 2 is 1.79 bits per heavy atom. The molecule has 0 saturated heterocycles. The molecule has 0 amide bonds. The first-order chi connectivity index (χ1) is 8.75. The van der Waals surface area contributed by atoms with Gasteiger partial charge in [-0.2, -0.15) is 0 Å². The van der Waals surface area contributed by atoms with Gasteiger partial charge in [0.1, 0.15) is 0 Å². The molecule has 0 saturated carbocycles. The first kappa shape index (κ1) is 16.2. The van der Waals surface area contributed by atoms with E-state index in [4.69, 9.17) is 0 Å². The van der Waals surface area contributed by atoms with Gasteiger partial charge in [0.15, 0.2) is 0 Å². The molecule has 2 rings (SSSR count). The lowest BCUT2D eigenvalue weighted by Gasteiger charge is -2.12. The summed E-state index contributed by atoms with van der Waals surface area (Å²) in [5, 5.41) is 13.2. The standard InChI is InChI=1S/C15H16BrNO.ClH/c16-14-8-4-5-12(9-14)10-17-11-15(18)13-6-2-1-3-7-13;/h1-9,15,17-18H,10-11H2;1H. The Labute approximate surface area is 128 Å². The van der Waals surface area contributed by atoms with Crippen molar-refractivity contribution >= 4 is 28.3 Å². The van der Waals surface area contributed by atoms with E-state index in [-0.39, 0.29) is 12.4 Å². The van der Waals surface area contributed by atoms with E-state index in [0.29, 0.717) is 6.54 Å². The average Bonchev–Trinajstić information content (AvgIpc) is 2.40. The maximum absolute atomic E-state index is 9.98. The quantitative estimate of drug-likeness (QED) is 0.868. The van der Waals surface area contributed by atoms with E-state index in [1.54, 1.807) is 0 Å². The molecule has 2 nitrogen and oxygen atoms in total. The van der Waals surface area contributed by atoms with Crippen molar-refractivity contribution < 1.29 is 5.11 Å². The Morgan fingerprint density at radius 3 is 2.47 bits per heavy atom. The minimum atomic E-state index is -0.460. The summed E-state index contributed by atoms with van der Waals surface area (Å²) in [5.74, 6) is 0. The van der Waals surface area contributed by atoms with Crippen molar-refractivity contribution in [2.45, 2.75) is 12.6 Å². The summed E-state index contributed by atoms with van der Waals surface area (Å²) in [6, 6.07) is 17.8. The van der Waals surface area contributed by atoms with Gasteiger partial charge in [0, 0.05) is 17.6 Å². The van der Waals surface area contributed by atoms with Crippen LogP contribution in [0.4, 0.5) is 0 Å². The van der Waals surface area contributed by atoms with E-state index in [9.17, 15) is 5.11 Å². The highest BCUT2D eigenvalue weighted by molar-refractivity contribution is 9.10. The summed E-state index contributed by atoms with van der Waals surface area (Å²) in [7, 11) is 0. The lowest BCUT2D eigenvalue weighted by atomic mass is 10.1. The van der Waals surface area contributed by atoms with Gasteiger partial charge in [0.05, 0.1) is 6.10 Å². The van der Waals surface area contributed by atoms with Crippen LogP contribution in [-0.4, -0.2) is 11.7 Å². The molecule has 0 radical (unpaired) electrons. The molecule has 0 aromatic heterocycles. The molecule has 0 aliphatic heterocycles. The summed E-state index contributed by atoms with van der Waals surface area (Å²) in [5.41, 5.74) is 2.14. The normalized spacial score (nSPS) is 11.7. The largest absolute Gasteiger partial charge is 0.387 e. The fourth-order valence-electron chi connectivity index (χ4n) is 1.79. The fourth-order valence-corrected chi connectivity index (χ4v) is 2.24. The molecule has 1 atom stereocenters. The van der Waals surface area contributed by atoms with Crippen LogP contribution < -0.4 is 5.32 Å². The van der Waals surface area contributed by atoms with Gasteiger partial charge in [-0.3, -0.25) is 0 Å². The fraction of sp³-hybridized carbons (Fsp3) is 0.200. The number of halogens is 2. The molecule has 0 heterocycles. The van der Waals surface area contributed by atoms with Crippen LogP contribution in [0.1, 0.15) is 17.2 Å². The van der Waals surface area contributed by atoms with Crippen LogP contribution in [0.5, 0.6) is 0 Å². The molecular weight excluding hydrogens is 326 g/mol. The van der Waals surface area contributed by atoms with Crippen molar-refractivity contribution in [3.8, 4) is 0 Å². The first-order valence-corrected chi connectivity index (χ1v) is 6.73. The highest BCUT2D eigenvalue weighted by atomic mass is 79.9. The lowest BCUT2D eigenvalue weighted by molar-refractivity contribution is 0.174. The maximum atomic E-state index is 9.98. The smallest absolute Gasteiger partial charge is 0.0914 e. The van der Waals surface area contributed by atoms with E-state index in [1.807, 2.05) is 42.5 Å². The highest BCUT2D eigenvalue weighted by Gasteiger charge is 2.05. The van der Waals surface area contributed by atoms with Crippen LogP contribution in [0.15, 0.2) is 59.1 Å². The number of hydrogen-bond donors (Lipinski definition) is 2. The lowest BCUT2D eigenvalue weighted by Crippen LogP contribution is -2.21. The van der Waals surface area contributed by atoms with E-state index < -0.39 is 6.10 Å². The van der Waals surface area contributed by atoms with E-state index >= 15 is 0 Å². The highest BCUT2D eigenvalue weighted by Crippen LogP contribution is 2.13. The van der Waals surface area contributed by atoms with Crippen molar-refractivity contribution in [2.75, 3.05) is 6.54 Å². The van der Waals surface area contributed by atoms with Gasteiger partial charge in [0.2, 0.25) is 0 Å². The summed E-state index contributed by atoms with van der Waals surface area (Å²) in [4.78, 5) is 0. The van der Waals surface area contributed by atoms with Gasteiger partial charge in [0.25, 0.3) is 0 Å². The molecule has 0 spiro atoms. The number of rotatable bonds is 5. The molecule has 102 valence electrons. The molecular formula is C15H17BrClNO. The molecule has 0 aliphatic carbocycles. The molecule has 1 unspecified atom stereocenters. The van der Waals surface area contributed by atoms with Crippen LogP contribution in [0.25, 0.3) is 0 Å². The Hall–Kier alpha value is -0.870. The van der Waals surface area contributed by atoms with Crippen LogP contribution in [0.2, 0.25) is 0 Å². The predicted molar refractivity (Wildman–Crippen MR) is 84.5 cm³/mol. The van der Waals surface area contributed by atoms with Gasteiger partial charge in [-0.25, -0.2) is 0 Å². The second kappa shape index (κ2) is 8.33. The van der Waals surface area contributed by atoms with Crippen molar-refractivity contribution in [3.63, 3.8) is 0 Å². The first-order valence-electron chi connectivity index (χ1n) is 5.94. The monoisotopic (exact) mass is 341 g/mol. The van der Waals surface area contributed by atoms with Gasteiger partial charge < -0.3 is 10.4 Å². The Morgan fingerprint density at radius 1 is 1.05 bits per heavy atom. The summed E-state index contributed by atoms with van der Waals surface area (Å²) in [6.45, 7) is 1.31. The number of aliphatic hydroxyl groups excluding tert-OH is 1. The summed E-state index contributed by atoms with van der Waals surface area (Å²) < 4.78 is 1.07. The number of nitrogens with one attached hydrogen (secondary N) is 1. The van der Waals surface area contributed by atoms with Gasteiger partial charge >= 0.3 is 0 Å². The van der Waals surface area contributed by atoms with Crippen molar-refractivity contribution in [1.82, 2.24) is 5.32 Å². The molecule has 2 aromatic rings. The third-order valence-corrected chi connectivity index (χ3v) is 3.23. The van der Waals surface area contributed by atoms with Crippen molar-refractivity contribution in [2.24, 2.45) is 0 Å². The third kappa shape index (κ3) is 5.33. The Kier molecular flexibility index (Phi) is 7.10. The zero-order chi connectivity index (χ0) is 12.8. The molecule has 2 N–H and O–H groups in total. The molecule has 0 aliphatic rings.